The molecule has 0 aliphatic carbocycles. The van der Waals surface area contributed by atoms with Gasteiger partial charge in [0.2, 0.25) is 0 Å². The lowest BCUT2D eigenvalue weighted by atomic mass is 10.1. The Balaban J connectivity index is 2.09. The number of ether oxygens (including phenoxy) is 1. The quantitative estimate of drug-likeness (QED) is 0.639. The third-order valence-corrected chi connectivity index (χ3v) is 4.01. The second kappa shape index (κ2) is 6.18. The van der Waals surface area contributed by atoms with Gasteiger partial charge in [-0.05, 0) is 30.3 Å². The number of anilines is 2. The minimum atomic E-state index is -0.673. The number of halogens is 1. The Morgan fingerprint density at radius 1 is 1.35 bits per heavy atom. The molecule has 0 fully saturated rings. The maximum Gasteiger partial charge on any atom is 0.263 e. The zero-order valence-corrected chi connectivity index (χ0v) is 13.8. The van der Waals surface area contributed by atoms with E-state index in [0.717, 1.165) is 4.47 Å². The fraction of sp³-hybridized carbons (Fsp3) is 0.125. The molecule has 0 bridgehead atoms. The van der Waals surface area contributed by atoms with Gasteiger partial charge >= 0.3 is 0 Å². The van der Waals surface area contributed by atoms with Crippen molar-refractivity contribution in [2.75, 3.05) is 17.3 Å². The van der Waals surface area contributed by atoms with Crippen LogP contribution in [0.3, 0.4) is 0 Å². The zero-order valence-electron chi connectivity index (χ0n) is 12.2. The topological polar surface area (TPSA) is 77.4 Å². The number of carbonyl (C=O) groups is 1. The predicted octanol–water partition coefficient (Wildman–Crippen LogP) is 2.88. The molecule has 0 saturated heterocycles. The van der Waals surface area contributed by atoms with Gasteiger partial charge in [0.25, 0.3) is 5.91 Å². The standard InChI is InChI=1S/C16H13BrN4O2/c1-23-12-4-2-3-11(8-12)21-15(22)13-7-10(17)5-6-14(13)20-16(21)19-9-18/h2-8,16,19-20H,1H3. The van der Waals surface area contributed by atoms with E-state index in [1.807, 2.05) is 12.3 Å². The first kappa shape index (κ1) is 15.2. The highest BCUT2D eigenvalue weighted by molar-refractivity contribution is 9.10. The van der Waals surface area contributed by atoms with E-state index in [2.05, 4.69) is 26.6 Å². The average molecular weight is 373 g/mol. The molecule has 0 spiro atoms. The SMILES string of the molecule is COc1cccc(N2C(=O)c3cc(Br)ccc3NC2NC#N)c1. The summed E-state index contributed by atoms with van der Waals surface area (Å²) < 4.78 is 6.02. The first-order valence-electron chi connectivity index (χ1n) is 6.82. The van der Waals surface area contributed by atoms with Crippen molar-refractivity contribution in [1.29, 1.82) is 5.26 Å². The van der Waals surface area contributed by atoms with Crippen LogP contribution in [0.5, 0.6) is 5.75 Å². The van der Waals surface area contributed by atoms with E-state index in [4.69, 9.17) is 10.00 Å². The van der Waals surface area contributed by atoms with E-state index in [0.29, 0.717) is 22.7 Å². The molecule has 2 aromatic rings. The van der Waals surface area contributed by atoms with Crippen LogP contribution >= 0.6 is 15.9 Å². The lowest BCUT2D eigenvalue weighted by molar-refractivity contribution is 0.0973. The van der Waals surface area contributed by atoms with Gasteiger partial charge in [-0.1, -0.05) is 22.0 Å². The second-order valence-corrected chi connectivity index (χ2v) is 5.79. The molecule has 7 heteroatoms. The normalized spacial score (nSPS) is 16.1. The first-order chi connectivity index (χ1) is 11.1. The second-order valence-electron chi connectivity index (χ2n) is 4.87. The van der Waals surface area contributed by atoms with Crippen LogP contribution in [0.2, 0.25) is 0 Å². The molecule has 6 nitrogen and oxygen atoms in total. The molecule has 0 radical (unpaired) electrons. The van der Waals surface area contributed by atoms with Crippen LogP contribution in [-0.2, 0) is 0 Å². The van der Waals surface area contributed by atoms with Crippen LogP contribution in [0.1, 0.15) is 10.4 Å². The van der Waals surface area contributed by atoms with E-state index in [1.54, 1.807) is 43.5 Å². The van der Waals surface area contributed by atoms with Gasteiger partial charge in [0.15, 0.2) is 12.5 Å². The Morgan fingerprint density at radius 2 is 2.17 bits per heavy atom. The average Bonchev–Trinajstić information content (AvgIpc) is 2.56. The molecule has 23 heavy (non-hydrogen) atoms. The number of benzene rings is 2. The number of carbonyl (C=O) groups excluding carboxylic acids is 1. The van der Waals surface area contributed by atoms with Crippen molar-refractivity contribution in [3.8, 4) is 11.9 Å². The molecule has 3 rings (SSSR count). The number of nitriles is 1. The summed E-state index contributed by atoms with van der Waals surface area (Å²) in [4.78, 5) is 14.4. The molecule has 2 N–H and O–H groups in total. The Kier molecular flexibility index (Phi) is 4.08. The van der Waals surface area contributed by atoms with E-state index >= 15 is 0 Å². The molecule has 116 valence electrons. The summed E-state index contributed by atoms with van der Waals surface area (Å²) in [6, 6.07) is 12.5. The van der Waals surface area contributed by atoms with Gasteiger partial charge in [-0.15, -0.1) is 0 Å². The number of hydrogen-bond donors (Lipinski definition) is 2. The highest BCUT2D eigenvalue weighted by Crippen LogP contribution is 2.32. The maximum atomic E-state index is 12.9. The highest BCUT2D eigenvalue weighted by Gasteiger charge is 2.33. The molecule has 1 aliphatic heterocycles. The Hall–Kier alpha value is -2.72. The molecular weight excluding hydrogens is 360 g/mol. The molecule has 1 heterocycles. The largest absolute Gasteiger partial charge is 0.497 e. The lowest BCUT2D eigenvalue weighted by Gasteiger charge is -2.36. The number of methoxy groups -OCH3 is 1. The summed E-state index contributed by atoms with van der Waals surface area (Å²) in [5, 5.41) is 14.7. The maximum absolute atomic E-state index is 12.9. The fourth-order valence-electron chi connectivity index (χ4n) is 2.47. The molecule has 1 aliphatic rings. The lowest BCUT2D eigenvalue weighted by Crippen LogP contribution is -2.55. The summed E-state index contributed by atoms with van der Waals surface area (Å²) in [7, 11) is 1.56. The van der Waals surface area contributed by atoms with Gasteiger partial charge in [-0.3, -0.25) is 15.0 Å². The van der Waals surface area contributed by atoms with Crippen molar-refractivity contribution < 1.29 is 9.53 Å². The van der Waals surface area contributed by atoms with Crippen molar-refractivity contribution >= 4 is 33.2 Å². The van der Waals surface area contributed by atoms with Gasteiger partial charge in [0, 0.05) is 10.5 Å². The third-order valence-electron chi connectivity index (χ3n) is 3.51. The van der Waals surface area contributed by atoms with Gasteiger partial charge in [-0.2, -0.15) is 5.26 Å². The van der Waals surface area contributed by atoms with Crippen molar-refractivity contribution in [2.45, 2.75) is 6.29 Å². The van der Waals surface area contributed by atoms with E-state index in [9.17, 15) is 4.79 Å². The summed E-state index contributed by atoms with van der Waals surface area (Å²) in [6.45, 7) is 0. The van der Waals surface area contributed by atoms with E-state index in [-0.39, 0.29) is 5.91 Å². The summed E-state index contributed by atoms with van der Waals surface area (Å²) in [5.74, 6) is 0.423. The van der Waals surface area contributed by atoms with Gasteiger partial charge in [-0.25, -0.2) is 0 Å². The van der Waals surface area contributed by atoms with E-state index in [1.165, 1.54) is 4.90 Å². The smallest absolute Gasteiger partial charge is 0.263 e. The van der Waals surface area contributed by atoms with Crippen LogP contribution in [0.4, 0.5) is 11.4 Å². The Morgan fingerprint density at radius 3 is 2.91 bits per heavy atom. The number of rotatable bonds is 3. The minimum Gasteiger partial charge on any atom is -0.497 e. The van der Waals surface area contributed by atoms with Crippen molar-refractivity contribution in [2.24, 2.45) is 0 Å². The molecule has 0 saturated carbocycles. The van der Waals surface area contributed by atoms with E-state index < -0.39 is 6.29 Å². The summed E-state index contributed by atoms with van der Waals surface area (Å²) in [5.41, 5.74) is 1.82. The van der Waals surface area contributed by atoms with Gasteiger partial charge < -0.3 is 10.1 Å². The number of hydrogen-bond acceptors (Lipinski definition) is 5. The van der Waals surface area contributed by atoms with Crippen LogP contribution in [-0.4, -0.2) is 19.3 Å². The predicted molar refractivity (Wildman–Crippen MR) is 90.1 cm³/mol. The molecule has 2 aromatic carbocycles. The Bertz CT molecular complexity index is 803. The van der Waals surface area contributed by atoms with Crippen LogP contribution < -0.4 is 20.3 Å². The number of fused-ring (bicyclic) bond motifs is 1. The van der Waals surface area contributed by atoms with Crippen molar-refractivity contribution in [1.82, 2.24) is 5.32 Å². The molecule has 1 unspecified atom stereocenters. The first-order valence-corrected chi connectivity index (χ1v) is 7.61. The van der Waals surface area contributed by atoms with Gasteiger partial charge in [0.1, 0.15) is 5.75 Å². The number of amides is 1. The van der Waals surface area contributed by atoms with Crippen LogP contribution in [0.25, 0.3) is 0 Å². The van der Waals surface area contributed by atoms with Crippen LogP contribution in [0.15, 0.2) is 46.9 Å². The number of nitrogens with one attached hydrogen (secondary N) is 2. The van der Waals surface area contributed by atoms with Crippen molar-refractivity contribution in [3.63, 3.8) is 0 Å². The monoisotopic (exact) mass is 372 g/mol. The highest BCUT2D eigenvalue weighted by atomic mass is 79.9. The number of nitrogens with zero attached hydrogens (tertiary/aromatic N) is 2. The zero-order chi connectivity index (χ0) is 16.4. The third kappa shape index (κ3) is 2.81. The summed E-state index contributed by atoms with van der Waals surface area (Å²) >= 11 is 3.38. The minimum absolute atomic E-state index is 0.207. The summed E-state index contributed by atoms with van der Waals surface area (Å²) in [6.07, 6.45) is 1.21. The fourth-order valence-corrected chi connectivity index (χ4v) is 2.83. The van der Waals surface area contributed by atoms with Crippen LogP contribution in [0, 0.1) is 11.5 Å². The Labute approximate surface area is 141 Å². The molecule has 1 atom stereocenters. The molecule has 0 aromatic heterocycles. The molecule has 1 amide bonds. The van der Waals surface area contributed by atoms with Gasteiger partial charge in [0.05, 0.1) is 24.0 Å². The van der Waals surface area contributed by atoms with Crippen molar-refractivity contribution in [3.05, 3.63) is 52.5 Å². The molecular formula is C16H13BrN4O2.